The van der Waals surface area contributed by atoms with Crippen molar-refractivity contribution in [1.29, 1.82) is 0 Å². The van der Waals surface area contributed by atoms with Crippen LogP contribution in [0.1, 0.15) is 27.0 Å². The summed E-state index contributed by atoms with van der Waals surface area (Å²) in [5, 5.41) is 9.95. The first-order valence-corrected chi connectivity index (χ1v) is 8.86. The van der Waals surface area contributed by atoms with E-state index in [9.17, 15) is 14.7 Å². The molecule has 0 amide bonds. The van der Waals surface area contributed by atoms with Crippen molar-refractivity contribution >= 4 is 11.9 Å². The molecule has 142 valence electrons. The first-order chi connectivity index (χ1) is 14.0. The van der Waals surface area contributed by atoms with E-state index in [1.54, 1.807) is 36.4 Å². The second-order valence-corrected chi connectivity index (χ2v) is 6.68. The molecule has 0 saturated carbocycles. The Balaban J connectivity index is 1.78. The Bertz CT molecular complexity index is 1210. The van der Waals surface area contributed by atoms with Crippen molar-refractivity contribution in [3.8, 4) is 23.0 Å². The Morgan fingerprint density at radius 1 is 1.00 bits per heavy atom. The fraction of sp³-hybridized carbons (Fsp3) is 0.0435. The minimum absolute atomic E-state index is 0.00852. The van der Waals surface area contributed by atoms with Gasteiger partial charge in [-0.15, -0.1) is 0 Å². The molecule has 1 spiro atoms. The Hall–Kier alpha value is -4.06. The number of aromatic hydroxyl groups is 1. The number of hydrogen-bond acceptors (Lipinski definition) is 6. The lowest BCUT2D eigenvalue weighted by molar-refractivity contribution is -0.128. The number of hydrogen-bond donors (Lipinski definition) is 1. The van der Waals surface area contributed by atoms with E-state index in [1.807, 2.05) is 12.1 Å². The van der Waals surface area contributed by atoms with Gasteiger partial charge in [0.2, 0.25) is 0 Å². The van der Waals surface area contributed by atoms with E-state index < -0.39 is 17.5 Å². The second kappa shape index (κ2) is 5.97. The number of rotatable bonds is 2. The Morgan fingerprint density at radius 2 is 1.72 bits per heavy atom. The van der Waals surface area contributed by atoms with E-state index >= 15 is 0 Å². The van der Waals surface area contributed by atoms with Crippen LogP contribution in [0.3, 0.4) is 0 Å². The molecule has 1 atom stereocenters. The molecule has 29 heavy (non-hydrogen) atoms. The molecule has 0 aliphatic carbocycles. The van der Waals surface area contributed by atoms with Gasteiger partial charge in [-0.25, -0.2) is 9.59 Å². The van der Waals surface area contributed by atoms with Gasteiger partial charge in [-0.1, -0.05) is 24.8 Å². The zero-order valence-corrected chi connectivity index (χ0v) is 15.0. The zero-order chi connectivity index (χ0) is 20.2. The normalized spacial score (nSPS) is 18.1. The third-order valence-electron chi connectivity index (χ3n) is 5.05. The number of ether oxygens (including phenoxy) is 3. The standard InChI is InChI=1S/C23H14O6/c1-2-21(25)27-14-8-10-18-20(12-14)28-19-11-13(24)7-9-17(19)23(18)16-6-4-3-5-15(16)22(26)29-23/h2-12,24H,1H2. The maximum Gasteiger partial charge on any atom is 0.340 e. The summed E-state index contributed by atoms with van der Waals surface area (Å²) in [4.78, 5) is 24.2. The lowest BCUT2D eigenvalue weighted by Gasteiger charge is -2.36. The van der Waals surface area contributed by atoms with Crippen molar-refractivity contribution in [3.05, 3.63) is 95.6 Å². The van der Waals surface area contributed by atoms with Gasteiger partial charge in [0.25, 0.3) is 0 Å². The average molecular weight is 386 g/mol. The Kier molecular flexibility index (Phi) is 3.51. The van der Waals surface area contributed by atoms with E-state index in [1.165, 1.54) is 12.1 Å². The Morgan fingerprint density at radius 3 is 2.52 bits per heavy atom. The molecule has 1 unspecified atom stereocenters. The highest BCUT2D eigenvalue weighted by atomic mass is 16.6. The van der Waals surface area contributed by atoms with Crippen molar-refractivity contribution in [3.63, 3.8) is 0 Å². The number of fused-ring (bicyclic) bond motifs is 6. The smallest absolute Gasteiger partial charge is 0.340 e. The largest absolute Gasteiger partial charge is 0.508 e. The molecule has 0 radical (unpaired) electrons. The average Bonchev–Trinajstić information content (AvgIpc) is 3.01. The summed E-state index contributed by atoms with van der Waals surface area (Å²) >= 11 is 0. The molecule has 0 aromatic heterocycles. The lowest BCUT2D eigenvalue weighted by atomic mass is 9.77. The Labute approximate surface area is 165 Å². The topological polar surface area (TPSA) is 82.1 Å². The van der Waals surface area contributed by atoms with Gasteiger partial charge in [0.1, 0.15) is 23.0 Å². The molecule has 5 rings (SSSR count). The first-order valence-electron chi connectivity index (χ1n) is 8.86. The zero-order valence-electron chi connectivity index (χ0n) is 15.0. The van der Waals surface area contributed by atoms with E-state index in [2.05, 4.69) is 6.58 Å². The van der Waals surface area contributed by atoms with Gasteiger partial charge in [-0.3, -0.25) is 0 Å². The lowest BCUT2D eigenvalue weighted by Crippen LogP contribution is -2.33. The van der Waals surface area contributed by atoms with Gasteiger partial charge in [-0.05, 0) is 30.3 Å². The number of carbonyl (C=O) groups is 2. The van der Waals surface area contributed by atoms with Crippen LogP contribution in [0.25, 0.3) is 0 Å². The molecular formula is C23H14O6. The molecule has 6 nitrogen and oxygen atoms in total. The molecule has 6 heteroatoms. The van der Waals surface area contributed by atoms with Crippen LogP contribution in [0.5, 0.6) is 23.0 Å². The summed E-state index contributed by atoms with van der Waals surface area (Å²) in [6, 6.07) is 16.6. The van der Waals surface area contributed by atoms with Crippen molar-refractivity contribution in [2.24, 2.45) is 0 Å². The summed E-state index contributed by atoms with van der Waals surface area (Å²) in [7, 11) is 0. The van der Waals surface area contributed by atoms with Crippen LogP contribution in [0.15, 0.2) is 73.3 Å². The minimum Gasteiger partial charge on any atom is -0.508 e. The number of carbonyl (C=O) groups excluding carboxylic acids is 2. The third kappa shape index (κ3) is 2.36. The maximum atomic E-state index is 12.7. The molecule has 0 saturated heterocycles. The molecule has 0 fully saturated rings. The summed E-state index contributed by atoms with van der Waals surface area (Å²) in [6.07, 6.45) is 1.06. The molecule has 2 heterocycles. The molecular weight excluding hydrogens is 372 g/mol. The van der Waals surface area contributed by atoms with Gasteiger partial charge < -0.3 is 19.3 Å². The van der Waals surface area contributed by atoms with E-state index in [0.717, 1.165) is 6.08 Å². The number of phenols is 1. The van der Waals surface area contributed by atoms with Crippen LogP contribution in [0.4, 0.5) is 0 Å². The van der Waals surface area contributed by atoms with E-state index in [4.69, 9.17) is 14.2 Å². The minimum atomic E-state index is -1.23. The van der Waals surface area contributed by atoms with Crippen LogP contribution in [-0.4, -0.2) is 17.0 Å². The van der Waals surface area contributed by atoms with Crippen molar-refractivity contribution in [1.82, 2.24) is 0 Å². The van der Waals surface area contributed by atoms with Crippen LogP contribution in [-0.2, 0) is 15.1 Å². The highest BCUT2D eigenvalue weighted by Crippen LogP contribution is 2.56. The summed E-state index contributed by atoms with van der Waals surface area (Å²) in [6.45, 7) is 3.38. The summed E-state index contributed by atoms with van der Waals surface area (Å²) in [5.74, 6) is -0.101. The van der Waals surface area contributed by atoms with Crippen LogP contribution >= 0.6 is 0 Å². The van der Waals surface area contributed by atoms with Crippen LogP contribution in [0.2, 0.25) is 0 Å². The van der Waals surface area contributed by atoms with Crippen molar-refractivity contribution in [2.75, 3.05) is 0 Å². The monoisotopic (exact) mass is 386 g/mol. The number of benzene rings is 3. The molecule has 2 aliphatic heterocycles. The van der Waals surface area contributed by atoms with Gasteiger partial charge >= 0.3 is 11.9 Å². The first kappa shape index (κ1) is 17.1. The molecule has 3 aromatic carbocycles. The third-order valence-corrected chi connectivity index (χ3v) is 5.05. The highest BCUT2D eigenvalue weighted by molar-refractivity contribution is 5.97. The van der Waals surface area contributed by atoms with Gasteiger partial charge in [0.15, 0.2) is 5.60 Å². The van der Waals surface area contributed by atoms with E-state index in [0.29, 0.717) is 33.8 Å². The molecule has 0 bridgehead atoms. The SMILES string of the molecule is C=CC(=O)Oc1ccc2c(c1)Oc1cc(O)ccc1C21OC(=O)c2ccccc21. The van der Waals surface area contributed by atoms with Gasteiger partial charge in [0.05, 0.1) is 5.56 Å². The van der Waals surface area contributed by atoms with Crippen molar-refractivity contribution < 1.29 is 28.9 Å². The predicted molar refractivity (Wildman–Crippen MR) is 102 cm³/mol. The van der Waals surface area contributed by atoms with Crippen LogP contribution < -0.4 is 9.47 Å². The molecule has 1 N–H and O–H groups in total. The second-order valence-electron chi connectivity index (χ2n) is 6.68. The van der Waals surface area contributed by atoms with Crippen molar-refractivity contribution in [2.45, 2.75) is 5.60 Å². The fourth-order valence-corrected chi connectivity index (χ4v) is 3.87. The van der Waals surface area contributed by atoms with E-state index in [-0.39, 0.29) is 11.5 Å². The highest BCUT2D eigenvalue weighted by Gasteiger charge is 2.53. The number of esters is 2. The predicted octanol–water partition coefficient (Wildman–Crippen LogP) is 4.05. The van der Waals surface area contributed by atoms with Gasteiger partial charge in [-0.2, -0.15) is 0 Å². The summed E-state index contributed by atoms with van der Waals surface area (Å²) in [5.41, 5.74) is 1.09. The maximum absolute atomic E-state index is 12.7. The van der Waals surface area contributed by atoms with Crippen LogP contribution in [0, 0.1) is 0 Å². The summed E-state index contributed by atoms with van der Waals surface area (Å²) < 4.78 is 17.1. The molecule has 2 aliphatic rings. The fourth-order valence-electron chi connectivity index (χ4n) is 3.87. The number of phenolic OH excluding ortho intramolecular Hbond substituents is 1. The quantitative estimate of drug-likeness (QED) is 0.406. The molecule has 3 aromatic rings. The van der Waals surface area contributed by atoms with Gasteiger partial charge in [0, 0.05) is 34.9 Å².